The summed E-state index contributed by atoms with van der Waals surface area (Å²) < 4.78 is 48.2. The van der Waals surface area contributed by atoms with Gasteiger partial charge in [-0.25, -0.2) is 18.4 Å². The lowest BCUT2D eigenvalue weighted by atomic mass is 10.1. The Bertz CT molecular complexity index is 991. The lowest BCUT2D eigenvalue weighted by Crippen LogP contribution is -2.39. The van der Waals surface area contributed by atoms with E-state index in [1.807, 2.05) is 0 Å². The number of para-hydroxylation sites is 1. The lowest BCUT2D eigenvalue weighted by Gasteiger charge is -2.23. The molecule has 0 spiro atoms. The van der Waals surface area contributed by atoms with Gasteiger partial charge >= 0.3 is 12.1 Å². The monoisotopic (exact) mass is 543 g/mol. The summed E-state index contributed by atoms with van der Waals surface area (Å²) in [5, 5.41) is 9.48. The highest BCUT2D eigenvalue weighted by molar-refractivity contribution is 6.32. The van der Waals surface area contributed by atoms with Crippen molar-refractivity contribution in [1.82, 2.24) is 4.90 Å². The first-order valence-corrected chi connectivity index (χ1v) is 12.3. The highest BCUT2D eigenvalue weighted by Gasteiger charge is 2.26. The van der Waals surface area contributed by atoms with Crippen LogP contribution >= 0.6 is 11.6 Å². The SMILES string of the molecule is CCOC(Cc1ccc(OCCN(CCOCC(F)(F)CC)C(=O)Oc2ccccc2Cl)cc1)C(=O)O. The maximum absolute atomic E-state index is 13.4. The molecule has 1 atom stereocenters. The fourth-order valence-electron chi connectivity index (χ4n) is 3.11. The van der Waals surface area contributed by atoms with Crippen molar-refractivity contribution in [3.8, 4) is 11.5 Å². The summed E-state index contributed by atoms with van der Waals surface area (Å²) in [7, 11) is 0. The molecule has 1 amide bonds. The first kappa shape index (κ1) is 30.3. The molecule has 0 radical (unpaired) electrons. The number of carbonyl (C=O) groups is 2. The summed E-state index contributed by atoms with van der Waals surface area (Å²) in [5.74, 6) is -3.30. The Morgan fingerprint density at radius 3 is 2.35 bits per heavy atom. The number of carboxylic acids is 1. The number of alkyl halides is 2. The summed E-state index contributed by atoms with van der Waals surface area (Å²) in [5.41, 5.74) is 0.763. The largest absolute Gasteiger partial charge is 0.492 e. The molecule has 0 heterocycles. The second-order valence-corrected chi connectivity index (χ2v) is 8.43. The Kier molecular flexibility index (Phi) is 12.5. The third-order valence-electron chi connectivity index (χ3n) is 5.25. The molecule has 37 heavy (non-hydrogen) atoms. The number of carboxylic acid groups (broad SMARTS) is 1. The van der Waals surface area contributed by atoms with Crippen LogP contribution in [-0.4, -0.2) is 73.6 Å². The number of hydrogen-bond donors (Lipinski definition) is 1. The fraction of sp³-hybridized carbons (Fsp3) is 0.462. The van der Waals surface area contributed by atoms with Crippen molar-refractivity contribution >= 4 is 23.7 Å². The molecule has 2 aromatic rings. The summed E-state index contributed by atoms with van der Waals surface area (Å²) in [4.78, 5) is 25.3. The van der Waals surface area contributed by atoms with Crippen molar-refractivity contribution in [2.75, 3.05) is 39.5 Å². The first-order chi connectivity index (χ1) is 17.6. The smallest absolute Gasteiger partial charge is 0.415 e. The molecule has 0 saturated carbocycles. The van der Waals surface area contributed by atoms with Crippen LogP contribution in [0, 0.1) is 0 Å². The van der Waals surface area contributed by atoms with E-state index in [4.69, 9.17) is 30.5 Å². The van der Waals surface area contributed by atoms with Gasteiger partial charge in [0.15, 0.2) is 11.9 Å². The zero-order chi connectivity index (χ0) is 27.3. The summed E-state index contributed by atoms with van der Waals surface area (Å²) in [6.45, 7) is 2.69. The Labute approximate surface area is 220 Å². The van der Waals surface area contributed by atoms with Gasteiger partial charge in [-0.05, 0) is 36.8 Å². The van der Waals surface area contributed by atoms with Crippen LogP contribution in [-0.2, 0) is 20.7 Å². The quantitative estimate of drug-likeness (QED) is 0.287. The minimum absolute atomic E-state index is 0.000612. The summed E-state index contributed by atoms with van der Waals surface area (Å²) in [6.07, 6.45) is -1.80. The summed E-state index contributed by atoms with van der Waals surface area (Å²) >= 11 is 6.06. The standard InChI is InChI=1S/C26H32ClF2NO7/c1-3-26(28,29)18-34-15-13-30(25(33)37-22-8-6-5-7-21(22)27)14-16-36-20-11-9-19(10-12-20)17-23(24(31)32)35-4-2/h5-12,23H,3-4,13-18H2,1-2H3,(H,31,32). The van der Waals surface area contributed by atoms with Crippen molar-refractivity contribution in [1.29, 1.82) is 0 Å². The highest BCUT2D eigenvalue weighted by atomic mass is 35.5. The Balaban J connectivity index is 1.94. The van der Waals surface area contributed by atoms with Crippen molar-refractivity contribution < 1.29 is 42.4 Å². The van der Waals surface area contributed by atoms with Crippen LogP contribution < -0.4 is 9.47 Å². The van der Waals surface area contributed by atoms with Crippen LogP contribution in [0.3, 0.4) is 0 Å². The van der Waals surface area contributed by atoms with E-state index >= 15 is 0 Å². The third kappa shape index (κ3) is 10.9. The van der Waals surface area contributed by atoms with Crippen molar-refractivity contribution in [3.05, 3.63) is 59.1 Å². The van der Waals surface area contributed by atoms with Crippen molar-refractivity contribution in [2.45, 2.75) is 38.7 Å². The minimum Gasteiger partial charge on any atom is -0.492 e. The van der Waals surface area contributed by atoms with E-state index < -0.39 is 30.7 Å². The average molecular weight is 544 g/mol. The Morgan fingerprint density at radius 1 is 1.05 bits per heavy atom. The number of aliphatic carboxylic acids is 1. The molecule has 0 saturated heterocycles. The zero-order valence-electron chi connectivity index (χ0n) is 20.8. The first-order valence-electron chi connectivity index (χ1n) is 11.9. The topological polar surface area (TPSA) is 94.5 Å². The molecule has 0 aliphatic heterocycles. The van der Waals surface area contributed by atoms with Crippen LogP contribution in [0.1, 0.15) is 25.8 Å². The van der Waals surface area contributed by atoms with Gasteiger partial charge in [0.2, 0.25) is 0 Å². The zero-order valence-corrected chi connectivity index (χ0v) is 21.6. The number of benzene rings is 2. The molecule has 1 unspecified atom stereocenters. The normalized spacial score (nSPS) is 12.1. The third-order valence-corrected chi connectivity index (χ3v) is 5.56. The predicted molar refractivity (Wildman–Crippen MR) is 134 cm³/mol. The molecule has 204 valence electrons. The second kappa shape index (κ2) is 15.3. The minimum atomic E-state index is -2.94. The van der Waals surface area contributed by atoms with Gasteiger partial charge in [0.1, 0.15) is 19.0 Å². The van der Waals surface area contributed by atoms with E-state index in [1.54, 1.807) is 49.4 Å². The predicted octanol–water partition coefficient (Wildman–Crippen LogP) is 5.31. The molecule has 2 rings (SSSR count). The van der Waals surface area contributed by atoms with E-state index in [0.29, 0.717) is 12.4 Å². The molecule has 0 aromatic heterocycles. The van der Waals surface area contributed by atoms with E-state index in [-0.39, 0.29) is 49.9 Å². The fourth-order valence-corrected chi connectivity index (χ4v) is 3.28. The summed E-state index contributed by atoms with van der Waals surface area (Å²) in [6, 6.07) is 13.3. The lowest BCUT2D eigenvalue weighted by molar-refractivity contribution is -0.149. The number of hydrogen-bond acceptors (Lipinski definition) is 6. The molecule has 8 nitrogen and oxygen atoms in total. The van der Waals surface area contributed by atoms with Crippen molar-refractivity contribution in [2.24, 2.45) is 0 Å². The van der Waals surface area contributed by atoms with Gasteiger partial charge in [-0.1, -0.05) is 42.8 Å². The number of nitrogens with zero attached hydrogens (tertiary/aromatic N) is 1. The van der Waals surface area contributed by atoms with Gasteiger partial charge in [-0.3, -0.25) is 0 Å². The van der Waals surface area contributed by atoms with Gasteiger partial charge in [-0.15, -0.1) is 0 Å². The van der Waals surface area contributed by atoms with Crippen LogP contribution in [0.2, 0.25) is 5.02 Å². The van der Waals surface area contributed by atoms with E-state index in [9.17, 15) is 23.5 Å². The van der Waals surface area contributed by atoms with Crippen molar-refractivity contribution in [3.63, 3.8) is 0 Å². The highest BCUT2D eigenvalue weighted by Crippen LogP contribution is 2.24. The Hall–Kier alpha value is -2.95. The molecule has 0 aliphatic rings. The molecule has 1 N–H and O–H groups in total. The average Bonchev–Trinajstić information content (AvgIpc) is 2.87. The van der Waals surface area contributed by atoms with E-state index in [2.05, 4.69) is 0 Å². The maximum Gasteiger partial charge on any atom is 0.415 e. The second-order valence-electron chi connectivity index (χ2n) is 8.03. The molecule has 11 heteroatoms. The number of carbonyl (C=O) groups excluding carboxylic acids is 1. The molecule has 2 aromatic carbocycles. The number of rotatable bonds is 16. The van der Waals surface area contributed by atoms with Gasteiger partial charge in [0.05, 0.1) is 18.2 Å². The van der Waals surface area contributed by atoms with Gasteiger partial charge in [0.25, 0.3) is 5.92 Å². The molecular weight excluding hydrogens is 512 g/mol. The van der Waals surface area contributed by atoms with E-state index in [1.165, 1.54) is 17.9 Å². The number of amides is 1. The van der Waals surface area contributed by atoms with Crippen LogP contribution in [0.25, 0.3) is 0 Å². The molecule has 0 bridgehead atoms. The number of halogens is 3. The molecule has 0 fully saturated rings. The van der Waals surface area contributed by atoms with Crippen LogP contribution in [0.4, 0.5) is 13.6 Å². The van der Waals surface area contributed by atoms with Gasteiger partial charge < -0.3 is 29.0 Å². The van der Waals surface area contributed by atoms with E-state index in [0.717, 1.165) is 5.56 Å². The maximum atomic E-state index is 13.4. The molecular formula is C26H32ClF2NO7. The van der Waals surface area contributed by atoms with Gasteiger partial charge in [0, 0.05) is 26.0 Å². The number of ether oxygens (including phenoxy) is 4. The van der Waals surface area contributed by atoms with Crippen LogP contribution in [0.5, 0.6) is 11.5 Å². The van der Waals surface area contributed by atoms with Gasteiger partial charge in [-0.2, -0.15) is 0 Å². The Morgan fingerprint density at radius 2 is 1.73 bits per heavy atom. The van der Waals surface area contributed by atoms with Crippen LogP contribution in [0.15, 0.2) is 48.5 Å². The molecule has 0 aliphatic carbocycles.